The molecule has 4 nitrogen and oxygen atoms in total. The monoisotopic (exact) mass is 283 g/mol. The molecule has 1 aromatic rings. The van der Waals surface area contributed by atoms with Gasteiger partial charge in [0.15, 0.2) is 0 Å². The zero-order chi connectivity index (χ0) is 14.4. The van der Waals surface area contributed by atoms with Gasteiger partial charge in [-0.3, -0.25) is 4.79 Å². The van der Waals surface area contributed by atoms with Gasteiger partial charge in [-0.2, -0.15) is 0 Å². The lowest BCUT2D eigenvalue weighted by atomic mass is 10.2. The van der Waals surface area contributed by atoms with Crippen LogP contribution in [0.5, 0.6) is 0 Å². The molecule has 1 rings (SSSR count). The number of hydrogen-bond acceptors (Lipinski definition) is 3. The molecular formula is C14H22ClN3O. The molecule has 0 unspecified atom stereocenters. The third-order valence-electron chi connectivity index (χ3n) is 3.04. The lowest BCUT2D eigenvalue weighted by Crippen LogP contribution is -2.31. The van der Waals surface area contributed by atoms with Crippen LogP contribution in [0.2, 0.25) is 5.15 Å². The molecule has 0 radical (unpaired) electrons. The molecule has 1 amide bonds. The number of amides is 1. The van der Waals surface area contributed by atoms with Crippen LogP contribution in [-0.4, -0.2) is 42.0 Å². The van der Waals surface area contributed by atoms with Gasteiger partial charge in [-0.1, -0.05) is 11.6 Å². The predicted octanol–water partition coefficient (Wildman–Crippen LogP) is 2.50. The van der Waals surface area contributed by atoms with Crippen molar-refractivity contribution in [1.29, 1.82) is 0 Å². The molecule has 0 saturated heterocycles. The Balaban J connectivity index is 2.39. The van der Waals surface area contributed by atoms with Crippen LogP contribution in [0.3, 0.4) is 0 Å². The van der Waals surface area contributed by atoms with Crippen LogP contribution >= 0.6 is 11.6 Å². The largest absolute Gasteiger partial charge is 0.352 e. The van der Waals surface area contributed by atoms with Crippen molar-refractivity contribution < 1.29 is 4.79 Å². The van der Waals surface area contributed by atoms with E-state index in [1.165, 1.54) is 0 Å². The Hall–Kier alpha value is -1.13. The highest BCUT2D eigenvalue weighted by atomic mass is 35.5. The fourth-order valence-electron chi connectivity index (χ4n) is 1.65. The Morgan fingerprint density at radius 2 is 2.16 bits per heavy atom. The molecular weight excluding hydrogens is 262 g/mol. The van der Waals surface area contributed by atoms with Crippen LogP contribution in [0.25, 0.3) is 0 Å². The number of hydrogen-bond donors (Lipinski definition) is 1. The van der Waals surface area contributed by atoms with Gasteiger partial charge in [0.05, 0.1) is 0 Å². The van der Waals surface area contributed by atoms with Crippen LogP contribution < -0.4 is 5.32 Å². The number of halogens is 1. The Labute approximate surface area is 120 Å². The topological polar surface area (TPSA) is 45.2 Å². The third-order valence-corrected chi connectivity index (χ3v) is 3.23. The van der Waals surface area contributed by atoms with Gasteiger partial charge in [-0.25, -0.2) is 4.98 Å². The van der Waals surface area contributed by atoms with E-state index in [0.717, 1.165) is 18.7 Å². The van der Waals surface area contributed by atoms with Gasteiger partial charge in [0, 0.05) is 23.8 Å². The molecule has 0 spiro atoms. The molecule has 0 saturated carbocycles. The quantitative estimate of drug-likeness (QED) is 0.644. The number of aryl methyl sites for hydroxylation is 1. The smallest absolute Gasteiger partial charge is 0.251 e. The van der Waals surface area contributed by atoms with Gasteiger partial charge in [0.25, 0.3) is 5.91 Å². The van der Waals surface area contributed by atoms with Gasteiger partial charge in [0.2, 0.25) is 0 Å². The molecule has 1 aromatic heterocycles. The van der Waals surface area contributed by atoms with E-state index in [2.05, 4.69) is 36.1 Å². The summed E-state index contributed by atoms with van der Waals surface area (Å²) in [6.07, 6.45) is 0.929. The molecule has 0 aliphatic heterocycles. The average molecular weight is 284 g/mol. The number of rotatable bonds is 6. The standard InChI is InChI=1S/C14H22ClN3O/c1-10(2)18(4)7-5-6-16-14(19)12-8-11(3)17-13(15)9-12/h8-10H,5-7H2,1-4H3,(H,16,19). The van der Waals surface area contributed by atoms with Crippen molar-refractivity contribution in [2.24, 2.45) is 0 Å². The maximum Gasteiger partial charge on any atom is 0.251 e. The van der Waals surface area contributed by atoms with E-state index in [1.54, 1.807) is 12.1 Å². The van der Waals surface area contributed by atoms with E-state index in [1.807, 2.05) is 6.92 Å². The Morgan fingerprint density at radius 3 is 2.74 bits per heavy atom. The highest BCUT2D eigenvalue weighted by Crippen LogP contribution is 2.10. The second-order valence-corrected chi connectivity index (χ2v) is 5.39. The molecule has 106 valence electrons. The van der Waals surface area contributed by atoms with Crippen LogP contribution in [0.4, 0.5) is 0 Å². The highest BCUT2D eigenvalue weighted by Gasteiger charge is 2.08. The minimum absolute atomic E-state index is 0.0976. The SMILES string of the molecule is Cc1cc(C(=O)NCCCN(C)C(C)C)cc(Cl)n1. The summed E-state index contributed by atoms with van der Waals surface area (Å²) in [5.74, 6) is -0.0976. The number of pyridine rings is 1. The molecule has 0 atom stereocenters. The molecule has 0 aliphatic carbocycles. The van der Waals surface area contributed by atoms with E-state index in [-0.39, 0.29) is 5.91 Å². The third kappa shape index (κ3) is 5.57. The van der Waals surface area contributed by atoms with Crippen molar-refractivity contribution >= 4 is 17.5 Å². The first kappa shape index (κ1) is 15.9. The van der Waals surface area contributed by atoms with E-state index in [4.69, 9.17) is 11.6 Å². The van der Waals surface area contributed by atoms with Crippen molar-refractivity contribution in [2.75, 3.05) is 20.1 Å². The van der Waals surface area contributed by atoms with Crippen LogP contribution in [0.15, 0.2) is 12.1 Å². The summed E-state index contributed by atoms with van der Waals surface area (Å²) in [4.78, 5) is 18.2. The number of carbonyl (C=O) groups is 1. The van der Waals surface area contributed by atoms with Gasteiger partial charge < -0.3 is 10.2 Å². The summed E-state index contributed by atoms with van der Waals surface area (Å²) in [5.41, 5.74) is 1.31. The first-order valence-electron chi connectivity index (χ1n) is 6.52. The minimum atomic E-state index is -0.0976. The van der Waals surface area contributed by atoms with Gasteiger partial charge in [-0.05, 0) is 52.9 Å². The second-order valence-electron chi connectivity index (χ2n) is 5.00. The fourth-order valence-corrected chi connectivity index (χ4v) is 1.90. The summed E-state index contributed by atoms with van der Waals surface area (Å²) in [7, 11) is 2.08. The number of nitrogens with zero attached hydrogens (tertiary/aromatic N) is 2. The maximum absolute atomic E-state index is 11.9. The minimum Gasteiger partial charge on any atom is -0.352 e. The average Bonchev–Trinajstić information content (AvgIpc) is 2.32. The summed E-state index contributed by atoms with van der Waals surface area (Å²) in [6, 6.07) is 3.85. The number of carbonyl (C=O) groups excluding carboxylic acids is 1. The molecule has 0 aromatic carbocycles. The van der Waals surface area contributed by atoms with Gasteiger partial charge >= 0.3 is 0 Å². The Kier molecular flexibility index (Phi) is 6.25. The molecule has 1 heterocycles. The molecule has 5 heteroatoms. The molecule has 1 N–H and O–H groups in total. The van der Waals surface area contributed by atoms with Crippen LogP contribution in [-0.2, 0) is 0 Å². The van der Waals surface area contributed by atoms with Gasteiger partial charge in [0.1, 0.15) is 5.15 Å². The summed E-state index contributed by atoms with van der Waals surface area (Å²) >= 11 is 5.83. The Bertz CT molecular complexity index is 414. The lowest BCUT2D eigenvalue weighted by Gasteiger charge is -2.20. The lowest BCUT2D eigenvalue weighted by molar-refractivity contribution is 0.0951. The molecule has 19 heavy (non-hydrogen) atoms. The molecule has 0 aliphatic rings. The van der Waals surface area contributed by atoms with E-state index in [9.17, 15) is 4.79 Å². The van der Waals surface area contributed by atoms with Crippen molar-refractivity contribution in [3.8, 4) is 0 Å². The highest BCUT2D eigenvalue weighted by molar-refractivity contribution is 6.29. The van der Waals surface area contributed by atoms with Crippen LogP contribution in [0.1, 0.15) is 36.3 Å². The van der Waals surface area contributed by atoms with Crippen molar-refractivity contribution in [2.45, 2.75) is 33.2 Å². The van der Waals surface area contributed by atoms with Crippen LogP contribution in [0, 0.1) is 6.92 Å². The number of nitrogens with one attached hydrogen (secondary N) is 1. The van der Waals surface area contributed by atoms with Crippen molar-refractivity contribution in [1.82, 2.24) is 15.2 Å². The first-order chi connectivity index (χ1) is 8.90. The Morgan fingerprint density at radius 1 is 1.47 bits per heavy atom. The summed E-state index contributed by atoms with van der Waals surface area (Å²) in [6.45, 7) is 7.75. The van der Waals surface area contributed by atoms with E-state index < -0.39 is 0 Å². The van der Waals surface area contributed by atoms with Gasteiger partial charge in [-0.15, -0.1) is 0 Å². The summed E-state index contributed by atoms with van der Waals surface area (Å²) in [5, 5.41) is 3.25. The predicted molar refractivity (Wildman–Crippen MR) is 78.7 cm³/mol. The van der Waals surface area contributed by atoms with Crippen molar-refractivity contribution in [3.05, 3.63) is 28.5 Å². The zero-order valence-electron chi connectivity index (χ0n) is 12.0. The van der Waals surface area contributed by atoms with E-state index >= 15 is 0 Å². The normalized spacial score (nSPS) is 11.1. The summed E-state index contributed by atoms with van der Waals surface area (Å²) < 4.78 is 0. The fraction of sp³-hybridized carbons (Fsp3) is 0.571. The molecule has 0 bridgehead atoms. The first-order valence-corrected chi connectivity index (χ1v) is 6.90. The maximum atomic E-state index is 11.9. The van der Waals surface area contributed by atoms with E-state index in [0.29, 0.717) is 23.3 Å². The second kappa shape index (κ2) is 7.46. The molecule has 0 fully saturated rings. The number of aromatic nitrogens is 1. The zero-order valence-corrected chi connectivity index (χ0v) is 12.8. The van der Waals surface area contributed by atoms with Crippen molar-refractivity contribution in [3.63, 3.8) is 0 Å².